The van der Waals surface area contributed by atoms with Crippen molar-refractivity contribution in [2.75, 3.05) is 4.90 Å². The fourth-order valence-corrected chi connectivity index (χ4v) is 4.18. The van der Waals surface area contributed by atoms with Gasteiger partial charge in [0.2, 0.25) is 0 Å². The highest BCUT2D eigenvalue weighted by Gasteiger charge is 2.25. The summed E-state index contributed by atoms with van der Waals surface area (Å²) < 4.78 is 20.6. The van der Waals surface area contributed by atoms with Crippen LogP contribution in [0.15, 0.2) is 59.2 Å². The molecule has 136 valence electrons. The largest absolute Gasteiger partial charge is 0.467 e. The van der Waals surface area contributed by atoms with Gasteiger partial charge in [-0.15, -0.1) is 0 Å². The van der Waals surface area contributed by atoms with Crippen LogP contribution >= 0.6 is 11.3 Å². The highest BCUT2D eigenvalue weighted by molar-refractivity contribution is 7.22. The molecule has 4 aromatic rings. The van der Waals surface area contributed by atoms with Crippen LogP contribution in [0.2, 0.25) is 0 Å². The molecule has 2 aromatic heterocycles. The Bertz CT molecular complexity index is 1120. The van der Waals surface area contributed by atoms with Crippen LogP contribution in [0.4, 0.5) is 9.52 Å². The number of rotatable bonds is 4. The molecule has 2 heterocycles. The second-order valence-electron chi connectivity index (χ2n) is 6.38. The van der Waals surface area contributed by atoms with Crippen LogP contribution in [0, 0.1) is 19.7 Å². The molecule has 0 radical (unpaired) electrons. The zero-order chi connectivity index (χ0) is 19.0. The van der Waals surface area contributed by atoms with E-state index in [4.69, 9.17) is 4.42 Å². The monoisotopic (exact) mass is 380 g/mol. The third-order valence-corrected chi connectivity index (χ3v) is 5.32. The van der Waals surface area contributed by atoms with Crippen LogP contribution in [0.25, 0.3) is 10.2 Å². The van der Waals surface area contributed by atoms with Crippen molar-refractivity contribution < 1.29 is 13.6 Å². The summed E-state index contributed by atoms with van der Waals surface area (Å²) >= 11 is 1.41. The van der Waals surface area contributed by atoms with Crippen LogP contribution in [0.5, 0.6) is 0 Å². The molecule has 0 aliphatic rings. The average molecular weight is 380 g/mol. The van der Waals surface area contributed by atoms with Gasteiger partial charge in [-0.25, -0.2) is 9.37 Å². The Labute approximate surface area is 159 Å². The standard InChI is InChI=1S/C21H17FN2O2S/c1-13-10-14(2)19-18(11-13)27-21(23-19)24(12-15-6-5-9-26-15)20(25)16-7-3-4-8-17(16)22/h3-11H,12H2,1-2H3. The molecule has 4 nitrogen and oxygen atoms in total. The van der Waals surface area contributed by atoms with E-state index in [1.165, 1.54) is 28.4 Å². The zero-order valence-corrected chi connectivity index (χ0v) is 15.7. The maximum Gasteiger partial charge on any atom is 0.263 e. The molecule has 0 saturated carbocycles. The number of halogens is 1. The van der Waals surface area contributed by atoms with Gasteiger partial charge < -0.3 is 4.42 Å². The highest BCUT2D eigenvalue weighted by Crippen LogP contribution is 2.33. The first-order valence-electron chi connectivity index (χ1n) is 8.49. The number of fused-ring (bicyclic) bond motifs is 1. The van der Waals surface area contributed by atoms with Gasteiger partial charge in [-0.1, -0.05) is 29.5 Å². The summed E-state index contributed by atoms with van der Waals surface area (Å²) in [7, 11) is 0. The Balaban J connectivity index is 1.82. The molecule has 6 heteroatoms. The summed E-state index contributed by atoms with van der Waals surface area (Å²) in [5.74, 6) is -0.398. The van der Waals surface area contributed by atoms with Gasteiger partial charge in [0.25, 0.3) is 5.91 Å². The topological polar surface area (TPSA) is 46.3 Å². The number of thiazole rings is 1. The van der Waals surface area contributed by atoms with Crippen molar-refractivity contribution in [3.63, 3.8) is 0 Å². The summed E-state index contributed by atoms with van der Waals surface area (Å²) in [6, 6.07) is 13.6. The van der Waals surface area contributed by atoms with Gasteiger partial charge in [-0.2, -0.15) is 0 Å². The molecule has 0 bridgehead atoms. The van der Waals surface area contributed by atoms with Crippen molar-refractivity contribution in [1.82, 2.24) is 4.98 Å². The summed E-state index contributed by atoms with van der Waals surface area (Å²) in [4.78, 5) is 19.3. The number of anilines is 1. The van der Waals surface area contributed by atoms with Gasteiger partial charge in [0.1, 0.15) is 11.6 Å². The first-order chi connectivity index (χ1) is 13.0. The molecule has 0 unspecified atom stereocenters. The lowest BCUT2D eigenvalue weighted by Gasteiger charge is -2.19. The number of carbonyl (C=O) groups excluding carboxylic acids is 1. The Hall–Kier alpha value is -2.99. The number of aryl methyl sites for hydroxylation is 2. The van der Waals surface area contributed by atoms with Crippen LogP contribution in [-0.2, 0) is 6.54 Å². The smallest absolute Gasteiger partial charge is 0.263 e. The summed E-state index contributed by atoms with van der Waals surface area (Å²) in [6.45, 7) is 4.20. The predicted molar refractivity (Wildman–Crippen MR) is 105 cm³/mol. The SMILES string of the molecule is Cc1cc(C)c2nc(N(Cc3ccco3)C(=O)c3ccccc3F)sc2c1. The van der Waals surface area contributed by atoms with E-state index in [2.05, 4.69) is 11.1 Å². The van der Waals surface area contributed by atoms with Crippen molar-refractivity contribution in [3.8, 4) is 0 Å². The van der Waals surface area contributed by atoms with Crippen molar-refractivity contribution in [2.24, 2.45) is 0 Å². The number of hydrogen-bond acceptors (Lipinski definition) is 4. The molecule has 1 amide bonds. The van der Waals surface area contributed by atoms with Gasteiger partial charge in [0, 0.05) is 0 Å². The zero-order valence-electron chi connectivity index (χ0n) is 14.9. The van der Waals surface area contributed by atoms with Crippen LogP contribution in [-0.4, -0.2) is 10.9 Å². The average Bonchev–Trinajstić information content (AvgIpc) is 3.29. The quantitative estimate of drug-likeness (QED) is 0.470. The minimum absolute atomic E-state index is 0.0104. The van der Waals surface area contributed by atoms with Gasteiger partial charge in [0.05, 0.1) is 28.6 Å². The number of nitrogens with zero attached hydrogens (tertiary/aromatic N) is 2. The van der Waals surface area contributed by atoms with E-state index in [-0.39, 0.29) is 12.1 Å². The molecule has 27 heavy (non-hydrogen) atoms. The lowest BCUT2D eigenvalue weighted by molar-refractivity contribution is 0.0979. The summed E-state index contributed by atoms with van der Waals surface area (Å²) in [5.41, 5.74) is 3.04. The van der Waals surface area contributed by atoms with Crippen molar-refractivity contribution in [2.45, 2.75) is 20.4 Å². The molecule has 0 spiro atoms. The van der Waals surface area contributed by atoms with E-state index >= 15 is 0 Å². The van der Waals surface area contributed by atoms with E-state index < -0.39 is 11.7 Å². The Kier molecular flexibility index (Phi) is 4.49. The second kappa shape index (κ2) is 6.96. The molecule has 0 fully saturated rings. The molecule has 4 rings (SSSR count). The summed E-state index contributed by atoms with van der Waals surface area (Å²) in [5, 5.41) is 0.517. The number of benzene rings is 2. The van der Waals surface area contributed by atoms with Crippen molar-refractivity contribution in [3.05, 3.63) is 83.1 Å². The van der Waals surface area contributed by atoms with Gasteiger partial charge in [-0.05, 0) is 55.3 Å². The number of carbonyl (C=O) groups is 1. The normalized spacial score (nSPS) is 11.1. The predicted octanol–water partition coefficient (Wildman–Crippen LogP) is 5.49. The Morgan fingerprint density at radius 2 is 2.00 bits per heavy atom. The van der Waals surface area contributed by atoms with Gasteiger partial charge in [0.15, 0.2) is 5.13 Å². The van der Waals surface area contributed by atoms with Crippen molar-refractivity contribution >= 4 is 32.6 Å². The Morgan fingerprint density at radius 3 is 2.74 bits per heavy atom. The first kappa shape index (κ1) is 17.4. The Morgan fingerprint density at radius 1 is 1.19 bits per heavy atom. The number of amides is 1. The number of aromatic nitrogens is 1. The van der Waals surface area contributed by atoms with E-state index in [0.29, 0.717) is 10.9 Å². The third kappa shape index (κ3) is 3.36. The van der Waals surface area contributed by atoms with E-state index in [0.717, 1.165) is 21.3 Å². The molecule has 0 N–H and O–H groups in total. The third-order valence-electron chi connectivity index (χ3n) is 4.29. The second-order valence-corrected chi connectivity index (χ2v) is 7.38. The fraction of sp³-hybridized carbons (Fsp3) is 0.143. The minimum atomic E-state index is -0.555. The maximum atomic E-state index is 14.2. The van der Waals surface area contributed by atoms with Crippen LogP contribution in [0.3, 0.4) is 0 Å². The number of hydrogen-bond donors (Lipinski definition) is 0. The van der Waals surface area contributed by atoms with Crippen molar-refractivity contribution in [1.29, 1.82) is 0 Å². The first-order valence-corrected chi connectivity index (χ1v) is 9.31. The lowest BCUT2D eigenvalue weighted by atomic mass is 10.1. The van der Waals surface area contributed by atoms with Crippen LogP contribution in [0.1, 0.15) is 27.2 Å². The van der Waals surface area contributed by atoms with E-state index in [1.54, 1.807) is 30.5 Å². The van der Waals surface area contributed by atoms with E-state index in [1.807, 2.05) is 19.9 Å². The molecule has 0 aliphatic heterocycles. The molecule has 0 aliphatic carbocycles. The van der Waals surface area contributed by atoms with Gasteiger partial charge >= 0.3 is 0 Å². The van der Waals surface area contributed by atoms with Gasteiger partial charge in [-0.3, -0.25) is 9.69 Å². The van der Waals surface area contributed by atoms with E-state index in [9.17, 15) is 9.18 Å². The maximum absolute atomic E-state index is 14.2. The van der Waals surface area contributed by atoms with Crippen LogP contribution < -0.4 is 4.90 Å². The fourth-order valence-electron chi connectivity index (χ4n) is 3.04. The molecule has 0 saturated heterocycles. The molecular formula is C21H17FN2O2S. The molecule has 2 aromatic carbocycles. The molecular weight excluding hydrogens is 363 g/mol. The number of furan rings is 1. The lowest BCUT2D eigenvalue weighted by Crippen LogP contribution is -2.30. The summed E-state index contributed by atoms with van der Waals surface area (Å²) in [6.07, 6.45) is 1.55. The highest BCUT2D eigenvalue weighted by atomic mass is 32.1. The minimum Gasteiger partial charge on any atom is -0.467 e. The molecule has 0 atom stereocenters.